The summed E-state index contributed by atoms with van der Waals surface area (Å²) in [5.41, 5.74) is 1.95. The van der Waals surface area contributed by atoms with Crippen LogP contribution in [-0.2, 0) is 9.84 Å². The Morgan fingerprint density at radius 3 is 2.05 bits per heavy atom. The first-order valence-electron chi connectivity index (χ1n) is 7.76. The first kappa shape index (κ1) is 14.8. The number of benzene rings is 1. The molecule has 0 aromatic heterocycles. The largest absolute Gasteiger partial charge is 0.294 e. The van der Waals surface area contributed by atoms with Crippen molar-refractivity contribution in [2.45, 2.75) is 55.9 Å². The van der Waals surface area contributed by atoms with Crippen LogP contribution in [0.2, 0.25) is 0 Å². The van der Waals surface area contributed by atoms with E-state index in [1.807, 2.05) is 24.3 Å². The lowest BCUT2D eigenvalue weighted by Crippen LogP contribution is -2.36. The number of fused-ring (bicyclic) bond motifs is 2. The molecule has 114 valence electrons. The van der Waals surface area contributed by atoms with E-state index < -0.39 is 9.84 Å². The fourth-order valence-corrected chi connectivity index (χ4v) is 6.16. The van der Waals surface area contributed by atoms with Crippen LogP contribution in [0.4, 0.5) is 0 Å². The minimum atomic E-state index is -2.95. The lowest BCUT2D eigenvalue weighted by molar-refractivity contribution is 0.0905. The number of hydrogen-bond donors (Lipinski definition) is 0. The van der Waals surface area contributed by atoms with Gasteiger partial charge in [0.25, 0.3) is 0 Å². The maximum atomic E-state index is 12.6. The third-order valence-corrected chi connectivity index (χ3v) is 7.78. The van der Waals surface area contributed by atoms with Crippen molar-refractivity contribution in [3.63, 3.8) is 0 Å². The fraction of sp³-hybridized carbons (Fsp3) is 0.588. The molecule has 2 aliphatic heterocycles. The number of sulfone groups is 1. The molecule has 0 saturated carbocycles. The molecule has 2 unspecified atom stereocenters. The van der Waals surface area contributed by atoms with Gasteiger partial charge >= 0.3 is 0 Å². The van der Waals surface area contributed by atoms with Gasteiger partial charge in [-0.1, -0.05) is 38.1 Å². The van der Waals surface area contributed by atoms with Gasteiger partial charge in [-0.25, -0.2) is 8.42 Å². The highest BCUT2D eigenvalue weighted by Gasteiger charge is 2.48. The molecule has 0 amide bonds. The van der Waals surface area contributed by atoms with E-state index in [1.54, 1.807) is 0 Å². The molecule has 2 bridgehead atoms. The highest BCUT2D eigenvalue weighted by Crippen LogP contribution is 2.42. The van der Waals surface area contributed by atoms with E-state index in [9.17, 15) is 13.2 Å². The van der Waals surface area contributed by atoms with Gasteiger partial charge in [-0.2, -0.15) is 0 Å². The second-order valence-electron chi connectivity index (χ2n) is 6.72. The fourth-order valence-electron chi connectivity index (χ4n) is 3.69. The molecule has 3 nitrogen and oxygen atoms in total. The van der Waals surface area contributed by atoms with Crippen LogP contribution in [0.5, 0.6) is 0 Å². The molecule has 21 heavy (non-hydrogen) atoms. The van der Waals surface area contributed by atoms with E-state index in [0.29, 0.717) is 18.8 Å². The number of rotatable bonds is 3. The van der Waals surface area contributed by atoms with Gasteiger partial charge in [-0.15, -0.1) is 0 Å². The molecule has 0 radical (unpaired) electrons. The molecule has 1 aromatic carbocycles. The maximum Gasteiger partial charge on any atom is 0.166 e. The summed E-state index contributed by atoms with van der Waals surface area (Å²) in [6, 6.07) is 7.80. The van der Waals surface area contributed by atoms with E-state index in [4.69, 9.17) is 0 Å². The molecule has 1 aromatic rings. The standard InChI is InChI=1S/C17H22O3S/c1-11(2)12-3-5-13(6-4-12)17(18)14-9-15-7-8-16(10-14)21(15,19)20/h3-6,11,14-16H,7-10H2,1-2H3. The molecular weight excluding hydrogens is 284 g/mol. The van der Waals surface area contributed by atoms with Crippen molar-refractivity contribution in [3.8, 4) is 0 Å². The van der Waals surface area contributed by atoms with Crippen molar-refractivity contribution in [2.24, 2.45) is 5.92 Å². The van der Waals surface area contributed by atoms with Crippen LogP contribution in [0, 0.1) is 5.92 Å². The molecule has 0 N–H and O–H groups in total. The third kappa shape index (κ3) is 2.54. The summed E-state index contributed by atoms with van der Waals surface area (Å²) in [7, 11) is -2.95. The summed E-state index contributed by atoms with van der Waals surface area (Å²) in [6.45, 7) is 4.25. The predicted octanol–water partition coefficient (Wildman–Crippen LogP) is 3.35. The van der Waals surface area contributed by atoms with Crippen LogP contribution in [0.1, 0.15) is 61.4 Å². The molecule has 2 heterocycles. The van der Waals surface area contributed by atoms with Gasteiger partial charge in [0, 0.05) is 11.5 Å². The molecule has 2 atom stereocenters. The van der Waals surface area contributed by atoms with E-state index in [-0.39, 0.29) is 22.2 Å². The van der Waals surface area contributed by atoms with E-state index >= 15 is 0 Å². The van der Waals surface area contributed by atoms with Crippen molar-refractivity contribution in [1.82, 2.24) is 0 Å². The molecular formula is C17H22O3S. The number of carbonyl (C=O) groups is 1. The van der Waals surface area contributed by atoms with Gasteiger partial charge < -0.3 is 0 Å². The van der Waals surface area contributed by atoms with Gasteiger partial charge in [0.2, 0.25) is 0 Å². The average Bonchev–Trinajstić information content (AvgIpc) is 2.66. The number of ketones is 1. The van der Waals surface area contributed by atoms with Gasteiger partial charge in [0.05, 0.1) is 10.5 Å². The summed E-state index contributed by atoms with van der Waals surface area (Å²) in [6.07, 6.45) is 2.51. The minimum absolute atomic E-state index is 0.115. The predicted molar refractivity (Wildman–Crippen MR) is 83.3 cm³/mol. The Morgan fingerprint density at radius 2 is 1.57 bits per heavy atom. The minimum Gasteiger partial charge on any atom is -0.294 e. The normalized spacial score (nSPS) is 30.5. The molecule has 2 aliphatic rings. The Bertz CT molecular complexity index is 623. The average molecular weight is 306 g/mol. The highest BCUT2D eigenvalue weighted by molar-refractivity contribution is 7.93. The molecule has 2 saturated heterocycles. The summed E-state index contributed by atoms with van der Waals surface area (Å²) in [4.78, 5) is 12.6. The first-order valence-corrected chi connectivity index (χ1v) is 9.37. The zero-order valence-electron chi connectivity index (χ0n) is 12.6. The summed E-state index contributed by atoms with van der Waals surface area (Å²) in [5.74, 6) is 0.456. The van der Waals surface area contributed by atoms with E-state index in [2.05, 4.69) is 13.8 Å². The van der Waals surface area contributed by atoms with E-state index in [1.165, 1.54) is 5.56 Å². The van der Waals surface area contributed by atoms with Crippen LogP contribution in [0.3, 0.4) is 0 Å². The van der Waals surface area contributed by atoms with Crippen molar-refractivity contribution < 1.29 is 13.2 Å². The van der Waals surface area contributed by atoms with Crippen molar-refractivity contribution in [2.75, 3.05) is 0 Å². The maximum absolute atomic E-state index is 12.6. The lowest BCUT2D eigenvalue weighted by Gasteiger charge is -2.27. The Hall–Kier alpha value is -1.16. The van der Waals surface area contributed by atoms with Crippen LogP contribution in [0.25, 0.3) is 0 Å². The number of carbonyl (C=O) groups excluding carboxylic acids is 1. The summed E-state index contributed by atoms with van der Waals surface area (Å²) < 4.78 is 24.2. The van der Waals surface area contributed by atoms with Crippen molar-refractivity contribution >= 4 is 15.6 Å². The Kier molecular flexibility index (Phi) is 3.68. The second-order valence-corrected chi connectivity index (χ2v) is 9.23. The summed E-state index contributed by atoms with van der Waals surface area (Å²) in [5, 5.41) is -0.555. The summed E-state index contributed by atoms with van der Waals surface area (Å²) >= 11 is 0. The third-order valence-electron chi connectivity index (χ3n) is 5.07. The smallest absolute Gasteiger partial charge is 0.166 e. The van der Waals surface area contributed by atoms with Crippen LogP contribution in [-0.4, -0.2) is 24.7 Å². The molecule has 3 rings (SSSR count). The number of Topliss-reactive ketones (excluding diaryl/α,β-unsaturated/α-hetero) is 1. The van der Waals surface area contributed by atoms with Crippen LogP contribution in [0.15, 0.2) is 24.3 Å². The van der Waals surface area contributed by atoms with E-state index in [0.717, 1.165) is 18.4 Å². The molecule has 0 spiro atoms. The molecule has 0 aliphatic carbocycles. The van der Waals surface area contributed by atoms with Crippen LogP contribution < -0.4 is 0 Å². The lowest BCUT2D eigenvalue weighted by atomic mass is 9.89. The SMILES string of the molecule is CC(C)c1ccc(C(=O)C2CC3CCC(C2)S3(=O)=O)cc1. The first-order chi connectivity index (χ1) is 9.89. The van der Waals surface area contributed by atoms with Crippen molar-refractivity contribution in [3.05, 3.63) is 35.4 Å². The Balaban J connectivity index is 1.78. The Morgan fingerprint density at radius 1 is 1.05 bits per heavy atom. The van der Waals surface area contributed by atoms with Gasteiger partial charge in [0.15, 0.2) is 15.6 Å². The number of hydrogen-bond acceptors (Lipinski definition) is 3. The Labute approximate surface area is 126 Å². The molecule has 4 heteroatoms. The highest BCUT2D eigenvalue weighted by atomic mass is 32.2. The van der Waals surface area contributed by atoms with Crippen molar-refractivity contribution in [1.29, 1.82) is 0 Å². The van der Waals surface area contributed by atoms with Gasteiger partial charge in [0.1, 0.15) is 0 Å². The zero-order chi connectivity index (χ0) is 15.2. The molecule has 2 fully saturated rings. The quantitative estimate of drug-likeness (QED) is 0.805. The van der Waals surface area contributed by atoms with Gasteiger partial charge in [-0.05, 0) is 37.2 Å². The van der Waals surface area contributed by atoms with Crippen LogP contribution >= 0.6 is 0 Å². The van der Waals surface area contributed by atoms with Gasteiger partial charge in [-0.3, -0.25) is 4.79 Å². The monoisotopic (exact) mass is 306 g/mol. The topological polar surface area (TPSA) is 51.2 Å². The second kappa shape index (κ2) is 5.24. The zero-order valence-corrected chi connectivity index (χ0v) is 13.4.